The molecule has 122 valence electrons. The van der Waals surface area contributed by atoms with Gasteiger partial charge in [-0.25, -0.2) is 0 Å². The largest absolute Gasteiger partial charge is 0.394 e. The van der Waals surface area contributed by atoms with Gasteiger partial charge in [-0.1, -0.05) is 23.2 Å². The predicted octanol–water partition coefficient (Wildman–Crippen LogP) is 2.14. The van der Waals surface area contributed by atoms with Gasteiger partial charge in [0.15, 0.2) is 0 Å². The molecule has 0 saturated carbocycles. The number of carbonyl (C=O) groups excluding carboxylic acids is 1. The van der Waals surface area contributed by atoms with E-state index in [0.717, 1.165) is 0 Å². The lowest BCUT2D eigenvalue weighted by Crippen LogP contribution is -2.45. The number of β-amino-alcohol motifs (C(OH)–C–C–N with tert-alkyl or cyclic N) is 1. The fourth-order valence-corrected chi connectivity index (χ4v) is 3.08. The zero-order valence-corrected chi connectivity index (χ0v) is 13.9. The number of nitrogens with zero attached hydrogens (tertiary/aromatic N) is 1. The third-order valence-corrected chi connectivity index (χ3v) is 4.59. The van der Waals surface area contributed by atoms with Crippen molar-refractivity contribution in [3.63, 3.8) is 0 Å². The van der Waals surface area contributed by atoms with Crippen LogP contribution in [0.5, 0.6) is 0 Å². The molecule has 1 amide bonds. The molecular weight excluding hydrogens is 327 g/mol. The highest BCUT2D eigenvalue weighted by atomic mass is 35.5. The van der Waals surface area contributed by atoms with Crippen LogP contribution in [0, 0.1) is 0 Å². The summed E-state index contributed by atoms with van der Waals surface area (Å²) >= 11 is 11.9. The number of amides is 1. The summed E-state index contributed by atoms with van der Waals surface area (Å²) in [6.07, 6.45) is 0.277. The number of hydrogen-bond acceptors (Lipinski definition) is 4. The molecule has 1 aromatic carbocycles. The molecule has 0 aliphatic carbocycles. The zero-order chi connectivity index (χ0) is 16.3. The number of aliphatic hydroxyl groups is 2. The maximum Gasteiger partial charge on any atom is 0.225 e. The standard InChI is InChI=1S/C15H20Cl2N2O3/c1-15(9-20)7-11(21)8-19(15)5-4-14(22)18-13-6-10(16)2-3-12(13)17/h2-3,6,11,20-21H,4-5,7-9H2,1H3,(H,18,22). The molecule has 5 nitrogen and oxygen atoms in total. The summed E-state index contributed by atoms with van der Waals surface area (Å²) < 4.78 is 0. The Balaban J connectivity index is 1.91. The number of anilines is 1. The molecule has 3 N–H and O–H groups in total. The summed E-state index contributed by atoms with van der Waals surface area (Å²) in [7, 11) is 0. The Bertz CT molecular complexity index is 556. The smallest absolute Gasteiger partial charge is 0.225 e. The van der Waals surface area contributed by atoms with Crippen molar-refractivity contribution in [2.45, 2.75) is 31.4 Å². The van der Waals surface area contributed by atoms with E-state index in [9.17, 15) is 15.0 Å². The van der Waals surface area contributed by atoms with Gasteiger partial charge in [0.05, 0.1) is 23.4 Å². The molecule has 1 aliphatic heterocycles. The first-order valence-electron chi connectivity index (χ1n) is 7.13. The van der Waals surface area contributed by atoms with Crippen LogP contribution in [0.3, 0.4) is 0 Å². The topological polar surface area (TPSA) is 72.8 Å². The number of hydrogen-bond donors (Lipinski definition) is 3. The van der Waals surface area contributed by atoms with Crippen LogP contribution in [0.25, 0.3) is 0 Å². The number of rotatable bonds is 5. The molecule has 22 heavy (non-hydrogen) atoms. The Labute approximate surface area is 139 Å². The van der Waals surface area contributed by atoms with Gasteiger partial charge in [-0.3, -0.25) is 9.69 Å². The Morgan fingerprint density at radius 2 is 2.23 bits per heavy atom. The highest BCUT2D eigenvalue weighted by Crippen LogP contribution is 2.29. The zero-order valence-electron chi connectivity index (χ0n) is 12.4. The highest BCUT2D eigenvalue weighted by molar-refractivity contribution is 6.35. The van der Waals surface area contributed by atoms with Crippen LogP contribution in [0.4, 0.5) is 5.69 Å². The van der Waals surface area contributed by atoms with E-state index in [0.29, 0.717) is 35.2 Å². The normalized spacial score (nSPS) is 25.4. The van der Waals surface area contributed by atoms with E-state index in [1.807, 2.05) is 11.8 Å². The number of aliphatic hydroxyl groups excluding tert-OH is 2. The summed E-state index contributed by atoms with van der Waals surface area (Å²) in [6, 6.07) is 4.87. The van der Waals surface area contributed by atoms with Crippen molar-refractivity contribution in [2.75, 3.05) is 25.0 Å². The second kappa shape index (κ2) is 7.15. The fourth-order valence-electron chi connectivity index (χ4n) is 2.74. The first-order valence-corrected chi connectivity index (χ1v) is 7.88. The summed E-state index contributed by atoms with van der Waals surface area (Å²) in [5, 5.41) is 22.9. The average Bonchev–Trinajstić information content (AvgIpc) is 2.76. The Morgan fingerprint density at radius 3 is 2.91 bits per heavy atom. The molecule has 2 unspecified atom stereocenters. The Kier molecular flexibility index (Phi) is 5.69. The van der Waals surface area contributed by atoms with Crippen LogP contribution in [0.2, 0.25) is 10.0 Å². The van der Waals surface area contributed by atoms with Crippen molar-refractivity contribution in [1.29, 1.82) is 0 Å². The molecule has 2 rings (SSSR count). The van der Waals surface area contributed by atoms with Gasteiger partial charge in [0, 0.05) is 30.1 Å². The summed E-state index contributed by atoms with van der Waals surface area (Å²) in [5.74, 6) is -0.189. The van der Waals surface area contributed by atoms with Gasteiger partial charge in [0.2, 0.25) is 5.91 Å². The van der Waals surface area contributed by atoms with Crippen LogP contribution in [0.1, 0.15) is 19.8 Å². The molecule has 0 radical (unpaired) electrons. The SMILES string of the molecule is CC1(CO)CC(O)CN1CCC(=O)Nc1cc(Cl)ccc1Cl. The molecule has 1 fully saturated rings. The quantitative estimate of drug-likeness (QED) is 0.763. The van der Waals surface area contributed by atoms with E-state index in [4.69, 9.17) is 23.2 Å². The lowest BCUT2D eigenvalue weighted by molar-refractivity contribution is -0.116. The minimum atomic E-state index is -0.479. The van der Waals surface area contributed by atoms with Crippen LogP contribution < -0.4 is 5.32 Å². The fraction of sp³-hybridized carbons (Fsp3) is 0.533. The van der Waals surface area contributed by atoms with Crippen LogP contribution in [0.15, 0.2) is 18.2 Å². The maximum atomic E-state index is 12.0. The summed E-state index contributed by atoms with van der Waals surface area (Å²) in [4.78, 5) is 14.0. The van der Waals surface area contributed by atoms with Crippen LogP contribution in [-0.2, 0) is 4.79 Å². The van der Waals surface area contributed by atoms with Gasteiger partial charge in [-0.2, -0.15) is 0 Å². The third kappa shape index (κ3) is 4.12. The lowest BCUT2D eigenvalue weighted by atomic mass is 9.99. The first-order chi connectivity index (χ1) is 10.3. The molecule has 0 spiro atoms. The minimum Gasteiger partial charge on any atom is -0.394 e. The molecule has 0 bridgehead atoms. The Hall–Kier alpha value is -0.850. The van der Waals surface area contributed by atoms with Gasteiger partial charge in [-0.05, 0) is 31.5 Å². The van der Waals surface area contributed by atoms with E-state index < -0.39 is 11.6 Å². The lowest BCUT2D eigenvalue weighted by Gasteiger charge is -2.32. The monoisotopic (exact) mass is 346 g/mol. The van der Waals surface area contributed by atoms with E-state index >= 15 is 0 Å². The molecule has 0 aromatic heterocycles. The van der Waals surface area contributed by atoms with Crippen molar-refractivity contribution >= 4 is 34.8 Å². The van der Waals surface area contributed by atoms with Crippen LogP contribution >= 0.6 is 23.2 Å². The second-order valence-electron chi connectivity index (χ2n) is 5.88. The molecule has 1 aliphatic rings. The third-order valence-electron chi connectivity index (χ3n) is 4.02. The van der Waals surface area contributed by atoms with Gasteiger partial charge in [0.25, 0.3) is 0 Å². The number of benzene rings is 1. The summed E-state index contributed by atoms with van der Waals surface area (Å²) in [6.45, 7) is 2.75. The average molecular weight is 347 g/mol. The molecular formula is C15H20Cl2N2O3. The van der Waals surface area contributed by atoms with Crippen molar-refractivity contribution in [1.82, 2.24) is 4.90 Å². The molecule has 7 heteroatoms. The van der Waals surface area contributed by atoms with Gasteiger partial charge < -0.3 is 15.5 Å². The minimum absolute atomic E-state index is 0.0498. The van der Waals surface area contributed by atoms with E-state index in [2.05, 4.69) is 5.32 Å². The number of halogens is 2. The number of carbonyl (C=O) groups is 1. The summed E-state index contributed by atoms with van der Waals surface area (Å²) in [5.41, 5.74) is -0.00142. The van der Waals surface area contributed by atoms with E-state index in [1.165, 1.54) is 0 Å². The van der Waals surface area contributed by atoms with Crippen LogP contribution in [-0.4, -0.2) is 52.4 Å². The van der Waals surface area contributed by atoms with Crippen molar-refractivity contribution in [3.05, 3.63) is 28.2 Å². The van der Waals surface area contributed by atoms with Gasteiger partial charge in [0.1, 0.15) is 0 Å². The number of nitrogens with one attached hydrogen (secondary N) is 1. The molecule has 1 saturated heterocycles. The van der Waals surface area contributed by atoms with E-state index in [-0.39, 0.29) is 18.9 Å². The molecule has 2 atom stereocenters. The van der Waals surface area contributed by atoms with Gasteiger partial charge in [-0.15, -0.1) is 0 Å². The first kappa shape index (κ1) is 17.5. The maximum absolute atomic E-state index is 12.0. The molecule has 1 aromatic rings. The highest BCUT2D eigenvalue weighted by Gasteiger charge is 2.40. The Morgan fingerprint density at radius 1 is 1.50 bits per heavy atom. The van der Waals surface area contributed by atoms with Crippen molar-refractivity contribution < 1.29 is 15.0 Å². The second-order valence-corrected chi connectivity index (χ2v) is 6.72. The predicted molar refractivity (Wildman–Crippen MR) is 87.4 cm³/mol. The number of likely N-dealkylation sites (tertiary alicyclic amines) is 1. The van der Waals surface area contributed by atoms with E-state index in [1.54, 1.807) is 18.2 Å². The van der Waals surface area contributed by atoms with Crippen molar-refractivity contribution in [3.8, 4) is 0 Å². The van der Waals surface area contributed by atoms with Gasteiger partial charge >= 0.3 is 0 Å². The van der Waals surface area contributed by atoms with Crippen molar-refractivity contribution in [2.24, 2.45) is 0 Å². The molecule has 1 heterocycles.